The van der Waals surface area contributed by atoms with Crippen molar-refractivity contribution >= 4 is 24.1 Å². The molecule has 0 bridgehead atoms. The third-order valence-corrected chi connectivity index (χ3v) is 5.26. The minimum atomic E-state index is -1.04. The number of carbonyl (C=O) groups is 2. The van der Waals surface area contributed by atoms with E-state index in [4.69, 9.17) is 19.7 Å². The van der Waals surface area contributed by atoms with E-state index in [0.29, 0.717) is 23.5 Å². The number of carbonyl (C=O) groups excluding carboxylic acids is 1. The maximum absolute atomic E-state index is 12.5. The second-order valence-electron chi connectivity index (χ2n) is 7.40. The van der Waals surface area contributed by atoms with Crippen molar-refractivity contribution in [2.45, 2.75) is 6.42 Å². The summed E-state index contributed by atoms with van der Waals surface area (Å²) in [5.74, 6) is -0.675. The Bertz CT molecular complexity index is 1240. The number of rotatable bonds is 8. The molecule has 1 aliphatic rings. The second-order valence-corrected chi connectivity index (χ2v) is 7.40. The Morgan fingerprint density at radius 2 is 1.64 bits per heavy atom. The zero-order valence-corrected chi connectivity index (χ0v) is 17.7. The van der Waals surface area contributed by atoms with E-state index in [1.54, 1.807) is 30.3 Å². The number of carboxylic acids is 1. The zero-order chi connectivity index (χ0) is 23.2. The topological polar surface area (TPSA) is 93.1 Å². The van der Waals surface area contributed by atoms with Crippen LogP contribution in [-0.2, 0) is 16.0 Å². The summed E-state index contributed by atoms with van der Waals surface area (Å²) in [7, 11) is 0. The molecule has 0 saturated carbocycles. The quantitative estimate of drug-likeness (QED) is 0.240. The molecule has 0 amide bonds. The summed E-state index contributed by atoms with van der Waals surface area (Å²) >= 11 is 0. The first kappa shape index (κ1) is 22.0. The van der Waals surface area contributed by atoms with Crippen molar-refractivity contribution in [3.63, 3.8) is 0 Å². The number of esters is 1. The van der Waals surface area contributed by atoms with Gasteiger partial charge in [0.15, 0.2) is 0 Å². The molecule has 166 valence electrons. The van der Waals surface area contributed by atoms with E-state index in [1.165, 1.54) is 17.7 Å². The van der Waals surface area contributed by atoms with E-state index < -0.39 is 11.9 Å². The van der Waals surface area contributed by atoms with Gasteiger partial charge in [0.2, 0.25) is 0 Å². The van der Waals surface area contributed by atoms with Crippen molar-refractivity contribution in [3.8, 4) is 22.6 Å². The van der Waals surface area contributed by atoms with Gasteiger partial charge < -0.3 is 19.7 Å². The van der Waals surface area contributed by atoms with Crippen LogP contribution < -0.4 is 9.47 Å². The number of carboxylic acid groups (broad SMARTS) is 1. The maximum Gasteiger partial charge on any atom is 0.336 e. The minimum absolute atomic E-state index is 0.0839. The molecule has 33 heavy (non-hydrogen) atoms. The number of benzene rings is 3. The van der Waals surface area contributed by atoms with Gasteiger partial charge in [0.05, 0.1) is 6.61 Å². The van der Waals surface area contributed by atoms with Gasteiger partial charge in [-0.2, -0.15) is 0 Å². The van der Waals surface area contributed by atoms with Gasteiger partial charge in [-0.15, -0.1) is 0 Å². The smallest absolute Gasteiger partial charge is 0.336 e. The van der Waals surface area contributed by atoms with Gasteiger partial charge >= 0.3 is 11.9 Å². The van der Waals surface area contributed by atoms with Gasteiger partial charge in [-0.3, -0.25) is 0 Å². The van der Waals surface area contributed by atoms with Gasteiger partial charge in [0.25, 0.3) is 0 Å². The predicted octanol–water partition coefficient (Wildman–Crippen LogP) is 4.35. The van der Waals surface area contributed by atoms with Gasteiger partial charge in [-0.05, 0) is 76.2 Å². The number of ether oxygens (including phenoxy) is 2. The summed E-state index contributed by atoms with van der Waals surface area (Å²) < 4.78 is 10.7. The molecule has 4 rings (SSSR count). The highest BCUT2D eigenvalue weighted by atomic mass is 16.5. The Morgan fingerprint density at radius 3 is 2.39 bits per heavy atom. The van der Waals surface area contributed by atoms with E-state index >= 15 is 0 Å². The van der Waals surface area contributed by atoms with Crippen LogP contribution in [0.1, 0.15) is 22.3 Å². The lowest BCUT2D eigenvalue weighted by Crippen LogP contribution is -2.04. The van der Waals surface area contributed by atoms with Gasteiger partial charge in [0, 0.05) is 12.2 Å². The van der Waals surface area contributed by atoms with Crippen molar-refractivity contribution in [2.24, 2.45) is 0 Å². The minimum Gasteiger partial charge on any atom is -0.491 e. The molecule has 0 radical (unpaired) electrons. The number of fused-ring (bicyclic) bond motifs is 3. The van der Waals surface area contributed by atoms with Crippen LogP contribution >= 0.6 is 0 Å². The molecule has 0 unspecified atom stereocenters. The Kier molecular flexibility index (Phi) is 6.66. The van der Waals surface area contributed by atoms with Gasteiger partial charge in [0.1, 0.15) is 18.1 Å². The number of aliphatic carboxylic acids is 1. The molecule has 1 aliphatic carbocycles. The first-order valence-electron chi connectivity index (χ1n) is 10.4. The van der Waals surface area contributed by atoms with E-state index in [-0.39, 0.29) is 13.2 Å². The van der Waals surface area contributed by atoms with Gasteiger partial charge in [-0.25, -0.2) is 9.59 Å². The third kappa shape index (κ3) is 5.19. The van der Waals surface area contributed by atoms with Crippen molar-refractivity contribution in [1.29, 1.82) is 0 Å². The first-order valence-corrected chi connectivity index (χ1v) is 10.4. The molecule has 0 aromatic heterocycles. The summed E-state index contributed by atoms with van der Waals surface area (Å²) in [6.45, 7) is 0.102. The zero-order valence-electron chi connectivity index (χ0n) is 17.7. The fourth-order valence-electron chi connectivity index (χ4n) is 3.83. The van der Waals surface area contributed by atoms with Gasteiger partial charge in [-0.1, -0.05) is 36.4 Å². The molecule has 0 heterocycles. The van der Waals surface area contributed by atoms with Crippen molar-refractivity contribution < 1.29 is 29.3 Å². The average Bonchev–Trinajstić information content (AvgIpc) is 3.20. The Morgan fingerprint density at radius 1 is 0.879 bits per heavy atom. The second kappa shape index (κ2) is 9.97. The Hall–Kier alpha value is -4.16. The van der Waals surface area contributed by atoms with Crippen LogP contribution in [-0.4, -0.2) is 35.4 Å². The molecular formula is C27H22O6. The van der Waals surface area contributed by atoms with Crippen molar-refractivity contribution in [2.75, 3.05) is 13.2 Å². The average molecular weight is 442 g/mol. The molecule has 0 atom stereocenters. The van der Waals surface area contributed by atoms with E-state index in [9.17, 15) is 9.59 Å². The van der Waals surface area contributed by atoms with Crippen LogP contribution in [0.15, 0.2) is 72.8 Å². The number of aliphatic hydroxyl groups is 1. The Labute approximate surface area is 191 Å². The monoisotopic (exact) mass is 442 g/mol. The van der Waals surface area contributed by atoms with E-state index in [2.05, 4.69) is 12.1 Å². The molecule has 0 spiro atoms. The van der Waals surface area contributed by atoms with Crippen molar-refractivity contribution in [3.05, 3.63) is 95.1 Å². The Balaban J connectivity index is 1.58. The highest BCUT2D eigenvalue weighted by molar-refractivity contribution is 5.93. The summed E-state index contributed by atoms with van der Waals surface area (Å²) in [6, 6.07) is 18.5. The van der Waals surface area contributed by atoms with Crippen LogP contribution in [0.3, 0.4) is 0 Å². The third-order valence-electron chi connectivity index (χ3n) is 5.26. The molecule has 6 nitrogen and oxygen atoms in total. The predicted molar refractivity (Wildman–Crippen MR) is 125 cm³/mol. The molecule has 0 fully saturated rings. The summed E-state index contributed by atoms with van der Waals surface area (Å²) in [4.78, 5) is 23.5. The lowest BCUT2D eigenvalue weighted by molar-refractivity contribution is -0.131. The largest absolute Gasteiger partial charge is 0.491 e. The molecule has 0 aliphatic heterocycles. The molecular weight excluding hydrogens is 420 g/mol. The van der Waals surface area contributed by atoms with Crippen LogP contribution in [0.4, 0.5) is 0 Å². The van der Waals surface area contributed by atoms with Crippen molar-refractivity contribution in [1.82, 2.24) is 0 Å². The molecule has 6 heteroatoms. The first-order chi connectivity index (χ1) is 16.0. The SMILES string of the molecule is O=C(O)C=Cc1ccc2c(c1C=CC(=O)Oc1ccc(OCCO)cc1)Cc1ccccc1-2. The molecule has 2 N–H and O–H groups in total. The summed E-state index contributed by atoms with van der Waals surface area (Å²) in [5, 5.41) is 17.9. The highest BCUT2D eigenvalue weighted by Gasteiger charge is 2.21. The van der Waals surface area contributed by atoms with Crippen LogP contribution in [0.2, 0.25) is 0 Å². The number of aliphatic hydroxyl groups excluding tert-OH is 1. The van der Waals surface area contributed by atoms with Crippen LogP contribution in [0, 0.1) is 0 Å². The highest BCUT2D eigenvalue weighted by Crippen LogP contribution is 2.40. The molecule has 3 aromatic carbocycles. The van der Waals surface area contributed by atoms with E-state index in [1.807, 2.05) is 24.3 Å². The normalized spacial score (nSPS) is 12.0. The number of hydrogen-bond donors (Lipinski definition) is 2. The van der Waals surface area contributed by atoms with Crippen LogP contribution in [0.5, 0.6) is 11.5 Å². The molecule has 0 saturated heterocycles. The van der Waals surface area contributed by atoms with E-state index in [0.717, 1.165) is 28.3 Å². The summed E-state index contributed by atoms with van der Waals surface area (Å²) in [6.07, 6.45) is 6.33. The number of hydrogen-bond acceptors (Lipinski definition) is 5. The summed E-state index contributed by atoms with van der Waals surface area (Å²) in [5.41, 5.74) is 5.93. The fourth-order valence-corrected chi connectivity index (χ4v) is 3.83. The maximum atomic E-state index is 12.5. The fraction of sp³-hybridized carbons (Fsp3) is 0.111. The lowest BCUT2D eigenvalue weighted by Gasteiger charge is -2.09. The lowest BCUT2D eigenvalue weighted by atomic mass is 9.95. The van der Waals surface area contributed by atoms with Crippen LogP contribution in [0.25, 0.3) is 23.3 Å². The molecule has 3 aromatic rings. The standard InChI is InChI=1S/C27H22O6/c28-15-16-32-20-7-9-21(10-8-20)33-27(31)14-12-23-18(6-13-26(29)30)5-11-24-22-4-2-1-3-19(22)17-25(23)24/h1-14,28H,15-17H2,(H,29,30).